The SMILES string of the molecule is COc1c(F)cc(F)cc1NS(=O)(=O)c1csc(C(=O)O)c1. The molecule has 0 saturated carbocycles. The van der Waals surface area contributed by atoms with Crippen LogP contribution in [0, 0.1) is 11.6 Å². The largest absolute Gasteiger partial charge is 0.492 e. The molecule has 10 heteroatoms. The van der Waals surface area contributed by atoms with Crippen molar-refractivity contribution in [3.8, 4) is 5.75 Å². The quantitative estimate of drug-likeness (QED) is 0.865. The number of rotatable bonds is 5. The van der Waals surface area contributed by atoms with Crippen molar-refractivity contribution in [1.82, 2.24) is 0 Å². The smallest absolute Gasteiger partial charge is 0.345 e. The van der Waals surface area contributed by atoms with Crippen molar-refractivity contribution < 1.29 is 31.8 Å². The number of nitrogens with one attached hydrogen (secondary N) is 1. The molecule has 0 atom stereocenters. The van der Waals surface area contributed by atoms with Gasteiger partial charge in [0.15, 0.2) is 11.6 Å². The molecule has 0 radical (unpaired) electrons. The molecule has 1 aromatic heterocycles. The van der Waals surface area contributed by atoms with Crippen LogP contribution in [0.5, 0.6) is 5.75 Å². The molecule has 22 heavy (non-hydrogen) atoms. The molecule has 0 aliphatic carbocycles. The molecule has 118 valence electrons. The van der Waals surface area contributed by atoms with Crippen molar-refractivity contribution in [3.05, 3.63) is 40.1 Å². The number of sulfonamides is 1. The summed E-state index contributed by atoms with van der Waals surface area (Å²) in [6.07, 6.45) is 0. The summed E-state index contributed by atoms with van der Waals surface area (Å²) in [6.45, 7) is 0. The van der Waals surface area contributed by atoms with Gasteiger partial charge in [-0.05, 0) is 6.07 Å². The highest BCUT2D eigenvalue weighted by Gasteiger charge is 2.22. The number of benzene rings is 1. The topological polar surface area (TPSA) is 92.7 Å². The van der Waals surface area contributed by atoms with E-state index in [0.717, 1.165) is 24.6 Å². The van der Waals surface area contributed by atoms with Crippen molar-refractivity contribution in [3.63, 3.8) is 0 Å². The van der Waals surface area contributed by atoms with Gasteiger partial charge < -0.3 is 9.84 Å². The minimum Gasteiger partial charge on any atom is -0.492 e. The Labute approximate surface area is 128 Å². The zero-order valence-corrected chi connectivity index (χ0v) is 12.6. The second kappa shape index (κ2) is 5.89. The van der Waals surface area contributed by atoms with Crippen LogP contribution >= 0.6 is 11.3 Å². The molecular formula is C12H9F2NO5S2. The fourth-order valence-electron chi connectivity index (χ4n) is 1.62. The molecule has 6 nitrogen and oxygen atoms in total. The summed E-state index contributed by atoms with van der Waals surface area (Å²) in [6, 6.07) is 2.24. The van der Waals surface area contributed by atoms with Gasteiger partial charge in [-0.3, -0.25) is 4.72 Å². The molecule has 0 unspecified atom stereocenters. The van der Waals surface area contributed by atoms with Crippen molar-refractivity contribution in [2.75, 3.05) is 11.8 Å². The van der Waals surface area contributed by atoms with E-state index in [1.54, 1.807) is 0 Å². The summed E-state index contributed by atoms with van der Waals surface area (Å²) in [7, 11) is -3.11. The van der Waals surface area contributed by atoms with E-state index in [2.05, 4.69) is 0 Å². The van der Waals surface area contributed by atoms with Gasteiger partial charge in [-0.2, -0.15) is 0 Å². The minimum atomic E-state index is -4.21. The maximum atomic E-state index is 13.5. The third-order valence-electron chi connectivity index (χ3n) is 2.55. The molecular weight excluding hydrogens is 340 g/mol. The van der Waals surface area contributed by atoms with E-state index in [0.29, 0.717) is 17.4 Å². The zero-order valence-electron chi connectivity index (χ0n) is 11.0. The lowest BCUT2D eigenvalue weighted by Gasteiger charge is -2.11. The number of hydrogen-bond acceptors (Lipinski definition) is 5. The van der Waals surface area contributed by atoms with Crippen molar-refractivity contribution in [2.24, 2.45) is 0 Å². The predicted octanol–water partition coefficient (Wildman–Crippen LogP) is 2.53. The molecule has 2 aromatic rings. The summed E-state index contributed by atoms with van der Waals surface area (Å²) in [5.41, 5.74) is -0.428. The minimum absolute atomic E-state index is 0.183. The molecule has 0 fully saturated rings. The van der Waals surface area contributed by atoms with E-state index in [1.165, 1.54) is 0 Å². The van der Waals surface area contributed by atoms with E-state index in [9.17, 15) is 22.0 Å². The number of carboxylic acid groups (broad SMARTS) is 1. The number of ether oxygens (including phenoxy) is 1. The Morgan fingerprint density at radius 3 is 2.55 bits per heavy atom. The normalized spacial score (nSPS) is 11.2. The Balaban J connectivity index is 2.42. The molecule has 2 rings (SSSR count). The summed E-state index contributed by atoms with van der Waals surface area (Å²) in [4.78, 5) is 10.3. The van der Waals surface area contributed by atoms with Gasteiger partial charge in [-0.25, -0.2) is 22.0 Å². The lowest BCUT2D eigenvalue weighted by atomic mass is 10.3. The van der Waals surface area contributed by atoms with Crippen molar-refractivity contribution in [2.45, 2.75) is 4.90 Å². The number of halogens is 2. The molecule has 0 amide bonds. The van der Waals surface area contributed by atoms with Gasteiger partial charge in [0, 0.05) is 17.5 Å². The Hall–Kier alpha value is -2.20. The number of aromatic carboxylic acids is 1. The molecule has 1 heterocycles. The molecule has 2 N–H and O–H groups in total. The number of carboxylic acids is 1. The number of methoxy groups -OCH3 is 1. The Morgan fingerprint density at radius 1 is 1.32 bits per heavy atom. The van der Waals surface area contributed by atoms with Crippen molar-refractivity contribution in [1.29, 1.82) is 0 Å². The number of thiophene rings is 1. The van der Waals surface area contributed by atoms with Crippen LogP contribution in [0.3, 0.4) is 0 Å². The lowest BCUT2D eigenvalue weighted by molar-refractivity contribution is 0.0702. The lowest BCUT2D eigenvalue weighted by Crippen LogP contribution is -2.13. The van der Waals surface area contributed by atoms with Gasteiger partial charge in [0.1, 0.15) is 10.7 Å². The summed E-state index contributed by atoms with van der Waals surface area (Å²) in [5.74, 6) is -3.82. The highest BCUT2D eigenvalue weighted by molar-refractivity contribution is 7.92. The van der Waals surface area contributed by atoms with Crippen LogP contribution in [0.1, 0.15) is 9.67 Å². The number of anilines is 1. The van der Waals surface area contributed by atoms with Gasteiger partial charge in [0.2, 0.25) is 0 Å². The van der Waals surface area contributed by atoms with Gasteiger partial charge in [0.25, 0.3) is 10.0 Å². The zero-order chi connectivity index (χ0) is 16.5. The second-order valence-corrected chi connectivity index (χ2v) is 6.62. The molecule has 0 saturated heterocycles. The first-order valence-corrected chi connectivity index (χ1v) is 7.98. The fourth-order valence-corrected chi connectivity index (χ4v) is 3.78. The first-order valence-electron chi connectivity index (χ1n) is 5.62. The van der Waals surface area contributed by atoms with Crippen LogP contribution in [-0.2, 0) is 10.0 Å². The predicted molar refractivity (Wildman–Crippen MR) is 75.0 cm³/mol. The van der Waals surface area contributed by atoms with E-state index in [-0.39, 0.29) is 9.77 Å². The average Bonchev–Trinajstić information content (AvgIpc) is 2.88. The van der Waals surface area contributed by atoms with E-state index < -0.39 is 39.1 Å². The van der Waals surface area contributed by atoms with Crippen LogP contribution in [0.15, 0.2) is 28.5 Å². The summed E-state index contributed by atoms with van der Waals surface area (Å²) >= 11 is 0.713. The maximum Gasteiger partial charge on any atom is 0.345 e. The van der Waals surface area contributed by atoms with Gasteiger partial charge in [-0.15, -0.1) is 11.3 Å². The third-order valence-corrected chi connectivity index (χ3v) is 4.97. The number of carbonyl (C=O) groups is 1. The maximum absolute atomic E-state index is 13.5. The first-order chi connectivity index (χ1) is 10.2. The standard InChI is InChI=1S/C12H9F2NO5S2/c1-20-11-8(14)2-6(13)3-9(11)15-22(18,19)7-4-10(12(16)17)21-5-7/h2-5,15H,1H3,(H,16,17). The molecule has 0 aliphatic heterocycles. The van der Waals surface area contributed by atoms with Crippen LogP contribution in [-0.4, -0.2) is 26.6 Å². The van der Waals surface area contributed by atoms with Crippen LogP contribution in [0.2, 0.25) is 0 Å². The van der Waals surface area contributed by atoms with E-state index in [1.807, 2.05) is 4.72 Å². The monoisotopic (exact) mass is 349 g/mol. The summed E-state index contributed by atoms with van der Waals surface area (Å²) < 4.78 is 57.7. The van der Waals surface area contributed by atoms with Crippen molar-refractivity contribution >= 4 is 33.0 Å². The van der Waals surface area contributed by atoms with Crippen LogP contribution in [0.25, 0.3) is 0 Å². The van der Waals surface area contributed by atoms with E-state index >= 15 is 0 Å². The fraction of sp³-hybridized carbons (Fsp3) is 0.0833. The average molecular weight is 349 g/mol. The van der Waals surface area contributed by atoms with Crippen LogP contribution < -0.4 is 9.46 Å². The van der Waals surface area contributed by atoms with Gasteiger partial charge >= 0.3 is 5.97 Å². The second-order valence-electron chi connectivity index (χ2n) is 4.03. The summed E-state index contributed by atoms with van der Waals surface area (Å²) in [5, 5.41) is 9.89. The van der Waals surface area contributed by atoms with Gasteiger partial charge in [-0.1, -0.05) is 0 Å². The van der Waals surface area contributed by atoms with Gasteiger partial charge in [0.05, 0.1) is 17.7 Å². The molecule has 0 spiro atoms. The van der Waals surface area contributed by atoms with E-state index in [4.69, 9.17) is 9.84 Å². The highest BCUT2D eigenvalue weighted by Crippen LogP contribution is 2.31. The first kappa shape index (κ1) is 16.2. The van der Waals surface area contributed by atoms with Crippen LogP contribution in [0.4, 0.5) is 14.5 Å². The molecule has 0 aliphatic rings. The Morgan fingerprint density at radius 2 is 2.00 bits per heavy atom. The number of hydrogen-bond donors (Lipinski definition) is 2. The Bertz CT molecular complexity index is 832. The molecule has 1 aromatic carbocycles. The third kappa shape index (κ3) is 3.17. The molecule has 0 bridgehead atoms. The Kier molecular flexibility index (Phi) is 4.33. The highest BCUT2D eigenvalue weighted by atomic mass is 32.2.